The molecule has 1 aliphatic rings. The van der Waals surface area contributed by atoms with Crippen LogP contribution in [0.2, 0.25) is 0 Å². The van der Waals surface area contributed by atoms with Gasteiger partial charge in [0.05, 0.1) is 25.2 Å². The first-order valence-electron chi connectivity index (χ1n) is 9.20. The number of ether oxygens (including phenoxy) is 2. The van der Waals surface area contributed by atoms with E-state index in [0.717, 1.165) is 0 Å². The number of morpholine rings is 1. The highest BCUT2D eigenvalue weighted by Crippen LogP contribution is 2.26. The van der Waals surface area contributed by atoms with Crippen molar-refractivity contribution in [1.29, 1.82) is 0 Å². The first-order chi connectivity index (χ1) is 13.9. The van der Waals surface area contributed by atoms with Crippen LogP contribution in [0.4, 0.5) is 10.1 Å². The van der Waals surface area contributed by atoms with Gasteiger partial charge in [-0.1, -0.05) is 0 Å². The molecule has 7 nitrogen and oxygen atoms in total. The fourth-order valence-corrected chi connectivity index (χ4v) is 4.51. The molecule has 1 N–H and O–H groups in total. The van der Waals surface area contributed by atoms with Crippen molar-refractivity contribution in [2.75, 3.05) is 38.7 Å². The average Bonchev–Trinajstić information content (AvgIpc) is 2.74. The van der Waals surface area contributed by atoms with Gasteiger partial charge in [0.2, 0.25) is 15.9 Å². The van der Waals surface area contributed by atoms with E-state index in [1.807, 2.05) is 0 Å². The Morgan fingerprint density at radius 2 is 1.86 bits per heavy atom. The third-order valence-corrected chi connectivity index (χ3v) is 6.50. The maximum atomic E-state index is 13.0. The summed E-state index contributed by atoms with van der Waals surface area (Å²) in [5.74, 6) is -0.133. The third-order valence-electron chi connectivity index (χ3n) is 4.61. The van der Waals surface area contributed by atoms with Crippen molar-refractivity contribution in [2.24, 2.45) is 0 Å². The molecule has 156 valence electrons. The molecule has 0 spiro atoms. The Labute approximate surface area is 169 Å². The Kier molecular flexibility index (Phi) is 6.83. The van der Waals surface area contributed by atoms with Gasteiger partial charge >= 0.3 is 0 Å². The van der Waals surface area contributed by atoms with E-state index in [1.54, 1.807) is 12.1 Å². The van der Waals surface area contributed by atoms with Gasteiger partial charge in [0, 0.05) is 25.2 Å². The van der Waals surface area contributed by atoms with Gasteiger partial charge < -0.3 is 14.8 Å². The van der Waals surface area contributed by atoms with Crippen molar-refractivity contribution < 1.29 is 27.1 Å². The van der Waals surface area contributed by atoms with E-state index in [4.69, 9.17) is 9.47 Å². The predicted octanol–water partition coefficient (Wildman–Crippen LogP) is 2.43. The van der Waals surface area contributed by atoms with Crippen LogP contribution in [-0.4, -0.2) is 52.0 Å². The number of carbonyl (C=O) groups is 1. The Balaban J connectivity index is 1.71. The van der Waals surface area contributed by atoms with Crippen LogP contribution >= 0.6 is 0 Å². The zero-order valence-corrected chi connectivity index (χ0v) is 16.9. The number of carbonyl (C=O) groups excluding carboxylic acids is 1. The molecule has 3 rings (SSSR count). The molecule has 0 bridgehead atoms. The predicted molar refractivity (Wildman–Crippen MR) is 106 cm³/mol. The number of sulfonamides is 1. The summed E-state index contributed by atoms with van der Waals surface area (Å²) < 4.78 is 50.6. The van der Waals surface area contributed by atoms with E-state index in [1.165, 1.54) is 41.7 Å². The van der Waals surface area contributed by atoms with Gasteiger partial charge in [-0.3, -0.25) is 4.79 Å². The monoisotopic (exact) mass is 422 g/mol. The molecule has 1 fully saturated rings. The molecule has 1 aliphatic heterocycles. The number of nitrogens with zero attached hydrogens (tertiary/aromatic N) is 1. The molecule has 0 atom stereocenters. The second-order valence-corrected chi connectivity index (χ2v) is 8.48. The maximum Gasteiger partial charge on any atom is 0.243 e. The van der Waals surface area contributed by atoms with Crippen molar-refractivity contribution in [3.63, 3.8) is 0 Å². The fraction of sp³-hybridized carbons (Fsp3) is 0.350. The van der Waals surface area contributed by atoms with Crippen LogP contribution in [0, 0.1) is 5.82 Å². The number of hydrogen-bond acceptors (Lipinski definition) is 5. The third kappa shape index (κ3) is 5.31. The molecule has 0 aromatic heterocycles. The molecular formula is C20H23FN2O5S. The molecule has 29 heavy (non-hydrogen) atoms. The average molecular weight is 422 g/mol. The number of nitrogens with one attached hydrogen (secondary N) is 1. The number of methoxy groups -OCH3 is 1. The summed E-state index contributed by atoms with van der Waals surface area (Å²) in [4.78, 5) is 12.4. The Hall–Kier alpha value is -2.49. The second-order valence-electron chi connectivity index (χ2n) is 6.55. The molecule has 1 heterocycles. The van der Waals surface area contributed by atoms with Crippen LogP contribution in [0.15, 0.2) is 47.4 Å². The standard InChI is InChI=1S/C20H23FN2O5S/c1-27-19-8-7-18(29(25,26)23-10-12-28-13-11-23)14-15(19)2-9-20(24)22-17-5-3-16(21)4-6-17/h3-8,14H,2,9-13H2,1H3,(H,22,24). The summed E-state index contributed by atoms with van der Waals surface area (Å²) >= 11 is 0. The number of benzene rings is 2. The van der Waals surface area contributed by atoms with E-state index in [9.17, 15) is 17.6 Å². The van der Waals surface area contributed by atoms with Crippen molar-refractivity contribution in [3.8, 4) is 5.75 Å². The van der Waals surface area contributed by atoms with Crippen molar-refractivity contribution >= 4 is 21.6 Å². The highest BCUT2D eigenvalue weighted by molar-refractivity contribution is 7.89. The maximum absolute atomic E-state index is 13.0. The number of rotatable bonds is 7. The molecule has 1 amide bonds. The summed E-state index contributed by atoms with van der Waals surface area (Å²) in [6.07, 6.45) is 0.414. The molecule has 9 heteroatoms. The van der Waals surface area contributed by atoms with Crippen LogP contribution in [0.3, 0.4) is 0 Å². The van der Waals surface area contributed by atoms with Crippen LogP contribution in [0.25, 0.3) is 0 Å². The van der Waals surface area contributed by atoms with Crippen LogP contribution in [0.5, 0.6) is 5.75 Å². The lowest BCUT2D eigenvalue weighted by atomic mass is 10.1. The van der Waals surface area contributed by atoms with Gasteiger partial charge in [0.25, 0.3) is 0 Å². The molecule has 0 aliphatic carbocycles. The SMILES string of the molecule is COc1ccc(S(=O)(=O)N2CCOCC2)cc1CCC(=O)Nc1ccc(F)cc1. The Morgan fingerprint density at radius 3 is 2.52 bits per heavy atom. The van der Waals surface area contributed by atoms with Gasteiger partial charge in [0.1, 0.15) is 11.6 Å². The minimum Gasteiger partial charge on any atom is -0.496 e. The quantitative estimate of drug-likeness (QED) is 0.741. The lowest BCUT2D eigenvalue weighted by Crippen LogP contribution is -2.40. The van der Waals surface area contributed by atoms with Gasteiger partial charge in [-0.25, -0.2) is 12.8 Å². The number of anilines is 1. The van der Waals surface area contributed by atoms with Crippen LogP contribution < -0.4 is 10.1 Å². The number of halogens is 1. The molecule has 0 saturated carbocycles. The van der Waals surface area contributed by atoms with Gasteiger partial charge in [-0.05, 0) is 54.4 Å². The first-order valence-corrected chi connectivity index (χ1v) is 10.6. The van der Waals surface area contributed by atoms with E-state index in [2.05, 4.69) is 5.32 Å². The number of amides is 1. The molecular weight excluding hydrogens is 399 g/mol. The lowest BCUT2D eigenvalue weighted by Gasteiger charge is -2.26. The minimum atomic E-state index is -3.64. The van der Waals surface area contributed by atoms with E-state index >= 15 is 0 Å². The largest absolute Gasteiger partial charge is 0.496 e. The number of hydrogen-bond donors (Lipinski definition) is 1. The summed E-state index contributed by atoms with van der Waals surface area (Å²) in [7, 11) is -2.15. The van der Waals surface area contributed by atoms with Crippen molar-refractivity contribution in [2.45, 2.75) is 17.7 Å². The van der Waals surface area contributed by atoms with Crippen molar-refractivity contribution in [3.05, 3.63) is 53.8 Å². The zero-order valence-electron chi connectivity index (χ0n) is 16.1. The topological polar surface area (TPSA) is 84.9 Å². The van der Waals surface area contributed by atoms with Gasteiger partial charge in [-0.15, -0.1) is 0 Å². The highest BCUT2D eigenvalue weighted by Gasteiger charge is 2.27. The first kappa shape index (κ1) is 21.2. The molecule has 2 aromatic rings. The summed E-state index contributed by atoms with van der Waals surface area (Å²) in [5.41, 5.74) is 1.11. The van der Waals surface area contributed by atoms with E-state index < -0.39 is 10.0 Å². The summed E-state index contributed by atoms with van der Waals surface area (Å²) in [6.45, 7) is 1.35. The molecule has 0 radical (unpaired) electrons. The van der Waals surface area contributed by atoms with Gasteiger partial charge in [0.15, 0.2) is 0 Å². The number of aryl methyl sites for hydroxylation is 1. The Morgan fingerprint density at radius 1 is 1.17 bits per heavy atom. The smallest absolute Gasteiger partial charge is 0.243 e. The molecule has 2 aromatic carbocycles. The molecule has 1 saturated heterocycles. The second kappa shape index (κ2) is 9.34. The van der Waals surface area contributed by atoms with E-state index in [-0.39, 0.29) is 23.0 Å². The molecule has 0 unspecified atom stereocenters. The van der Waals surface area contributed by atoms with Crippen molar-refractivity contribution in [1.82, 2.24) is 4.31 Å². The van der Waals surface area contributed by atoms with Crippen LogP contribution in [-0.2, 0) is 26.0 Å². The minimum absolute atomic E-state index is 0.120. The van der Waals surface area contributed by atoms with Gasteiger partial charge in [-0.2, -0.15) is 4.31 Å². The fourth-order valence-electron chi connectivity index (χ4n) is 3.05. The Bertz CT molecular complexity index is 957. The highest BCUT2D eigenvalue weighted by atomic mass is 32.2. The lowest BCUT2D eigenvalue weighted by molar-refractivity contribution is -0.116. The zero-order chi connectivity index (χ0) is 20.9. The normalized spacial score (nSPS) is 15.1. The summed E-state index contributed by atoms with van der Waals surface area (Å²) in [5, 5.41) is 2.69. The van der Waals surface area contributed by atoms with Crippen LogP contribution in [0.1, 0.15) is 12.0 Å². The summed E-state index contributed by atoms with van der Waals surface area (Å²) in [6, 6.07) is 10.1. The van der Waals surface area contributed by atoms with E-state index in [0.29, 0.717) is 49.7 Å².